The van der Waals surface area contributed by atoms with Crippen molar-refractivity contribution in [2.75, 3.05) is 10.6 Å². The summed E-state index contributed by atoms with van der Waals surface area (Å²) >= 11 is 0. The number of rotatable bonds is 7. The van der Waals surface area contributed by atoms with Crippen molar-refractivity contribution in [2.45, 2.75) is 17.7 Å². The topological polar surface area (TPSA) is 142 Å². The van der Waals surface area contributed by atoms with Crippen molar-refractivity contribution >= 4 is 55.4 Å². The van der Waals surface area contributed by atoms with Crippen LogP contribution in [-0.4, -0.2) is 34.3 Å². The molecule has 1 aliphatic carbocycles. The summed E-state index contributed by atoms with van der Waals surface area (Å²) in [5.74, 6) is 0.444. The zero-order valence-corrected chi connectivity index (χ0v) is 19.1. The third-order valence-electron chi connectivity index (χ3n) is 5.70. The standard InChI is InChI=1S/C24H20N6O4S/c31-23(14-1-2-14)30-24-28-20-10-6-17(12-22(20)29-24)34-35(32,33)18-7-3-15(4-8-18)27-16-5-9-19-21(11-16)26-13-25-19/h3-14,27H,1-2H2,(H,25,26)(H2,28,29,30,31). The number of nitrogens with one attached hydrogen (secondary N) is 4. The molecule has 1 aliphatic rings. The van der Waals surface area contributed by atoms with Gasteiger partial charge in [0, 0.05) is 23.4 Å². The van der Waals surface area contributed by atoms with E-state index in [-0.39, 0.29) is 22.5 Å². The number of amides is 1. The Kier molecular flexibility index (Phi) is 4.92. The number of hydrogen-bond acceptors (Lipinski definition) is 7. The van der Waals surface area contributed by atoms with E-state index in [4.69, 9.17) is 4.18 Å². The van der Waals surface area contributed by atoms with Crippen LogP contribution in [-0.2, 0) is 14.9 Å². The van der Waals surface area contributed by atoms with Gasteiger partial charge in [-0.1, -0.05) is 0 Å². The van der Waals surface area contributed by atoms with Crippen molar-refractivity contribution in [2.24, 2.45) is 5.92 Å². The van der Waals surface area contributed by atoms with Crippen molar-refractivity contribution in [3.05, 3.63) is 67.0 Å². The lowest BCUT2D eigenvalue weighted by Crippen LogP contribution is -2.14. The van der Waals surface area contributed by atoms with Gasteiger partial charge in [-0.05, 0) is 67.4 Å². The molecule has 0 unspecified atom stereocenters. The van der Waals surface area contributed by atoms with E-state index in [2.05, 4.69) is 30.6 Å². The molecule has 11 heteroatoms. The zero-order chi connectivity index (χ0) is 24.0. The molecule has 35 heavy (non-hydrogen) atoms. The average molecular weight is 489 g/mol. The van der Waals surface area contributed by atoms with Gasteiger partial charge in [-0.2, -0.15) is 8.42 Å². The number of nitrogens with zero attached hydrogens (tertiary/aromatic N) is 2. The number of anilines is 3. The van der Waals surface area contributed by atoms with E-state index >= 15 is 0 Å². The van der Waals surface area contributed by atoms with E-state index in [1.54, 1.807) is 24.5 Å². The molecule has 0 atom stereocenters. The van der Waals surface area contributed by atoms with Crippen LogP contribution in [0.1, 0.15) is 12.8 Å². The highest BCUT2D eigenvalue weighted by molar-refractivity contribution is 7.87. The molecule has 1 fully saturated rings. The fraction of sp³-hybridized carbons (Fsp3) is 0.125. The minimum absolute atomic E-state index is 0.0224. The number of fused-ring (bicyclic) bond motifs is 2. The van der Waals surface area contributed by atoms with Gasteiger partial charge in [0.15, 0.2) is 0 Å². The normalized spacial score (nSPS) is 13.7. The van der Waals surface area contributed by atoms with Gasteiger partial charge in [-0.15, -0.1) is 0 Å². The number of carbonyl (C=O) groups excluding carboxylic acids is 1. The van der Waals surface area contributed by atoms with Crippen molar-refractivity contribution in [1.29, 1.82) is 0 Å². The minimum atomic E-state index is -4.05. The van der Waals surface area contributed by atoms with E-state index < -0.39 is 10.1 Å². The molecule has 0 radical (unpaired) electrons. The van der Waals surface area contributed by atoms with Gasteiger partial charge >= 0.3 is 10.1 Å². The average Bonchev–Trinajstić information content (AvgIpc) is 3.46. The first-order valence-electron chi connectivity index (χ1n) is 11.0. The second-order valence-corrected chi connectivity index (χ2v) is 9.90. The molecule has 6 rings (SSSR count). The lowest BCUT2D eigenvalue weighted by Gasteiger charge is -2.09. The summed E-state index contributed by atoms with van der Waals surface area (Å²) in [5.41, 5.74) is 4.47. The first-order valence-corrected chi connectivity index (χ1v) is 12.4. The molecule has 1 saturated carbocycles. The first kappa shape index (κ1) is 21.2. The number of carbonyl (C=O) groups is 1. The maximum atomic E-state index is 12.8. The van der Waals surface area contributed by atoms with E-state index in [1.165, 1.54) is 24.3 Å². The SMILES string of the molecule is O=C(Nc1nc2ccc(OS(=O)(=O)c3ccc(Nc4ccc5nc[nH]c5c4)cc3)cc2[nH]1)C1CC1. The second-order valence-electron chi connectivity index (χ2n) is 8.35. The Morgan fingerprint density at radius 2 is 1.71 bits per heavy atom. The molecule has 176 valence electrons. The summed E-state index contributed by atoms with van der Waals surface area (Å²) in [6, 6.07) is 16.7. The van der Waals surface area contributed by atoms with Gasteiger partial charge in [-0.25, -0.2) is 9.97 Å². The molecule has 1 amide bonds. The van der Waals surface area contributed by atoms with E-state index in [0.29, 0.717) is 17.0 Å². The molecular weight excluding hydrogens is 468 g/mol. The Bertz CT molecular complexity index is 1670. The third-order valence-corrected chi connectivity index (χ3v) is 6.96. The lowest BCUT2D eigenvalue weighted by molar-refractivity contribution is -0.117. The molecule has 5 aromatic rings. The molecule has 2 aromatic heterocycles. The predicted octanol–water partition coefficient (Wildman–Crippen LogP) is 4.30. The summed E-state index contributed by atoms with van der Waals surface area (Å²) < 4.78 is 31.0. The van der Waals surface area contributed by atoms with E-state index in [9.17, 15) is 13.2 Å². The fourth-order valence-electron chi connectivity index (χ4n) is 3.72. The smallest absolute Gasteiger partial charge is 0.339 e. The molecule has 10 nitrogen and oxygen atoms in total. The van der Waals surface area contributed by atoms with Crippen molar-refractivity contribution in [3.8, 4) is 5.75 Å². The van der Waals surface area contributed by atoms with Gasteiger partial charge in [0.25, 0.3) is 0 Å². The van der Waals surface area contributed by atoms with E-state index in [1.807, 2.05) is 18.2 Å². The Hall–Kier alpha value is -4.38. The Labute approximate surface area is 199 Å². The Balaban J connectivity index is 1.16. The summed E-state index contributed by atoms with van der Waals surface area (Å²) in [4.78, 5) is 26.5. The molecule has 4 N–H and O–H groups in total. The maximum Gasteiger partial charge on any atom is 0.339 e. The largest absolute Gasteiger partial charge is 0.379 e. The summed E-state index contributed by atoms with van der Waals surface area (Å²) in [6.07, 6.45) is 3.41. The molecule has 0 saturated heterocycles. The molecule has 0 aliphatic heterocycles. The van der Waals surface area contributed by atoms with Crippen LogP contribution in [0.2, 0.25) is 0 Å². The summed E-state index contributed by atoms with van der Waals surface area (Å²) in [7, 11) is -4.05. The lowest BCUT2D eigenvalue weighted by atomic mass is 10.2. The first-order chi connectivity index (χ1) is 16.9. The number of imidazole rings is 2. The predicted molar refractivity (Wildman–Crippen MR) is 131 cm³/mol. The molecule has 2 heterocycles. The highest BCUT2D eigenvalue weighted by Gasteiger charge is 2.30. The van der Waals surface area contributed by atoms with Crippen LogP contribution in [0.3, 0.4) is 0 Å². The molecule has 3 aromatic carbocycles. The fourth-order valence-corrected chi connectivity index (χ4v) is 4.65. The van der Waals surface area contributed by atoms with Crippen LogP contribution in [0.25, 0.3) is 22.1 Å². The second kappa shape index (κ2) is 8.13. The molecular formula is C24H20N6O4S. The van der Waals surface area contributed by atoms with Crippen LogP contribution in [0.15, 0.2) is 71.9 Å². The van der Waals surface area contributed by atoms with Gasteiger partial charge in [0.05, 0.1) is 28.4 Å². The minimum Gasteiger partial charge on any atom is -0.379 e. The molecule has 0 spiro atoms. The van der Waals surface area contributed by atoms with Crippen LogP contribution in [0.4, 0.5) is 17.3 Å². The summed E-state index contributed by atoms with van der Waals surface area (Å²) in [5, 5.41) is 5.98. The zero-order valence-electron chi connectivity index (χ0n) is 18.3. The quantitative estimate of drug-likeness (QED) is 0.250. The van der Waals surface area contributed by atoms with Crippen LogP contribution < -0.4 is 14.8 Å². The van der Waals surface area contributed by atoms with Gasteiger partial charge in [0.1, 0.15) is 10.6 Å². The van der Waals surface area contributed by atoms with Gasteiger partial charge < -0.3 is 19.5 Å². The van der Waals surface area contributed by atoms with Crippen molar-refractivity contribution in [3.63, 3.8) is 0 Å². The van der Waals surface area contributed by atoms with Gasteiger partial charge in [-0.3, -0.25) is 10.1 Å². The van der Waals surface area contributed by atoms with E-state index in [0.717, 1.165) is 35.2 Å². The number of benzene rings is 3. The van der Waals surface area contributed by atoms with Crippen molar-refractivity contribution < 1.29 is 17.4 Å². The molecule has 0 bridgehead atoms. The van der Waals surface area contributed by atoms with Crippen LogP contribution >= 0.6 is 0 Å². The number of hydrogen-bond donors (Lipinski definition) is 4. The summed E-state index contributed by atoms with van der Waals surface area (Å²) in [6.45, 7) is 0. The highest BCUT2D eigenvalue weighted by Crippen LogP contribution is 2.30. The number of H-pyrrole nitrogens is 2. The van der Waals surface area contributed by atoms with Gasteiger partial charge in [0.2, 0.25) is 11.9 Å². The third kappa shape index (κ3) is 4.41. The van der Waals surface area contributed by atoms with Crippen LogP contribution in [0, 0.1) is 5.92 Å². The Morgan fingerprint density at radius 1 is 0.943 bits per heavy atom. The monoisotopic (exact) mass is 488 g/mol. The highest BCUT2D eigenvalue weighted by atomic mass is 32.2. The number of aromatic amines is 2. The Morgan fingerprint density at radius 3 is 2.51 bits per heavy atom. The maximum absolute atomic E-state index is 12.8. The number of aromatic nitrogens is 4. The van der Waals surface area contributed by atoms with Crippen molar-refractivity contribution in [1.82, 2.24) is 19.9 Å². The van der Waals surface area contributed by atoms with Crippen LogP contribution in [0.5, 0.6) is 5.75 Å².